The first-order valence-electron chi connectivity index (χ1n) is 7.76. The summed E-state index contributed by atoms with van der Waals surface area (Å²) in [6.07, 6.45) is 3.52. The number of carbonyl (C=O) groups is 1. The molecule has 22 heavy (non-hydrogen) atoms. The van der Waals surface area contributed by atoms with Crippen molar-refractivity contribution in [1.82, 2.24) is 19.8 Å². The molecule has 2 heterocycles. The van der Waals surface area contributed by atoms with Crippen LogP contribution < -0.4 is 4.90 Å². The average Bonchev–Trinajstić information content (AvgIpc) is 2.54. The minimum absolute atomic E-state index is 0.176. The Morgan fingerprint density at radius 2 is 1.91 bits per heavy atom. The summed E-state index contributed by atoms with van der Waals surface area (Å²) < 4.78 is 0. The average molecular weight is 303 g/mol. The van der Waals surface area contributed by atoms with Crippen molar-refractivity contribution < 1.29 is 4.79 Å². The maximum atomic E-state index is 12.3. The van der Waals surface area contributed by atoms with Gasteiger partial charge in [0.2, 0.25) is 11.9 Å². The Labute approximate surface area is 132 Å². The number of rotatable bonds is 6. The third kappa shape index (κ3) is 4.53. The molecule has 0 bridgehead atoms. The number of aromatic nitrogens is 2. The molecule has 1 aliphatic heterocycles. The normalized spacial score (nSPS) is 15.6. The molecular formula is C16H25N5O. The van der Waals surface area contributed by atoms with Crippen LogP contribution in [0.25, 0.3) is 0 Å². The van der Waals surface area contributed by atoms with Gasteiger partial charge in [-0.15, -0.1) is 0 Å². The van der Waals surface area contributed by atoms with Gasteiger partial charge in [0.15, 0.2) is 0 Å². The molecule has 1 fully saturated rings. The lowest BCUT2D eigenvalue weighted by Crippen LogP contribution is -2.50. The summed E-state index contributed by atoms with van der Waals surface area (Å²) in [6, 6.07) is 1.82. The lowest BCUT2D eigenvalue weighted by molar-refractivity contribution is -0.131. The topological polar surface area (TPSA) is 52.6 Å². The highest BCUT2D eigenvalue weighted by Crippen LogP contribution is 2.10. The number of anilines is 1. The van der Waals surface area contributed by atoms with Crippen LogP contribution in [0.3, 0.4) is 0 Å². The first-order valence-corrected chi connectivity index (χ1v) is 7.76. The summed E-state index contributed by atoms with van der Waals surface area (Å²) >= 11 is 0. The van der Waals surface area contributed by atoms with Crippen LogP contribution in [0.2, 0.25) is 0 Å². The van der Waals surface area contributed by atoms with Crippen molar-refractivity contribution in [2.24, 2.45) is 0 Å². The summed E-state index contributed by atoms with van der Waals surface area (Å²) in [6.45, 7) is 13.1. The molecule has 0 unspecified atom stereocenters. The Hall–Kier alpha value is -1.95. The molecule has 0 N–H and O–H groups in total. The summed E-state index contributed by atoms with van der Waals surface area (Å²) in [7, 11) is 0. The highest BCUT2D eigenvalue weighted by atomic mass is 16.2. The van der Waals surface area contributed by atoms with E-state index in [2.05, 4.69) is 26.3 Å². The Morgan fingerprint density at radius 1 is 1.27 bits per heavy atom. The SMILES string of the molecule is C=C(C)CN(CC)C(=O)CN1CCN(c2ncccn2)CC1. The van der Waals surface area contributed by atoms with Crippen LogP contribution in [0.15, 0.2) is 30.6 Å². The third-order valence-electron chi connectivity index (χ3n) is 3.76. The maximum absolute atomic E-state index is 12.3. The Balaban J connectivity index is 1.82. The fourth-order valence-corrected chi connectivity index (χ4v) is 2.55. The summed E-state index contributed by atoms with van der Waals surface area (Å²) in [4.78, 5) is 27.1. The van der Waals surface area contributed by atoms with E-state index in [-0.39, 0.29) is 5.91 Å². The van der Waals surface area contributed by atoms with Crippen molar-refractivity contribution in [1.29, 1.82) is 0 Å². The molecule has 6 nitrogen and oxygen atoms in total. The molecular weight excluding hydrogens is 278 g/mol. The standard InChI is InChI=1S/C16H25N5O/c1-4-20(12-14(2)3)15(22)13-19-8-10-21(11-9-19)16-17-6-5-7-18-16/h5-7H,2,4,8-13H2,1,3H3. The van der Waals surface area contributed by atoms with Crippen molar-refractivity contribution in [2.45, 2.75) is 13.8 Å². The molecule has 0 aliphatic carbocycles. The Kier molecular flexibility index (Phi) is 5.89. The fraction of sp³-hybridized carbons (Fsp3) is 0.562. The molecule has 6 heteroatoms. The predicted molar refractivity (Wildman–Crippen MR) is 87.8 cm³/mol. The number of nitrogens with zero attached hydrogens (tertiary/aromatic N) is 5. The molecule has 0 atom stereocenters. The van der Waals surface area contributed by atoms with Gasteiger partial charge < -0.3 is 9.80 Å². The largest absolute Gasteiger partial charge is 0.338 e. The van der Waals surface area contributed by atoms with E-state index in [0.717, 1.165) is 44.2 Å². The third-order valence-corrected chi connectivity index (χ3v) is 3.76. The quantitative estimate of drug-likeness (QED) is 0.735. The number of carbonyl (C=O) groups excluding carboxylic acids is 1. The van der Waals surface area contributed by atoms with Gasteiger partial charge in [0.1, 0.15) is 0 Å². The molecule has 2 rings (SSSR count). The van der Waals surface area contributed by atoms with Crippen LogP contribution in [0.5, 0.6) is 0 Å². The molecule has 1 saturated heterocycles. The molecule has 1 amide bonds. The molecule has 0 saturated carbocycles. The van der Waals surface area contributed by atoms with Gasteiger partial charge in [0, 0.05) is 51.7 Å². The molecule has 0 aromatic carbocycles. The van der Waals surface area contributed by atoms with E-state index in [1.165, 1.54) is 0 Å². The minimum atomic E-state index is 0.176. The number of hydrogen-bond donors (Lipinski definition) is 0. The maximum Gasteiger partial charge on any atom is 0.237 e. The monoisotopic (exact) mass is 303 g/mol. The van der Waals surface area contributed by atoms with Gasteiger partial charge in [-0.1, -0.05) is 12.2 Å². The van der Waals surface area contributed by atoms with E-state index < -0.39 is 0 Å². The molecule has 1 aromatic rings. The Bertz CT molecular complexity index is 497. The van der Waals surface area contributed by atoms with Gasteiger partial charge in [-0.25, -0.2) is 9.97 Å². The van der Waals surface area contributed by atoms with Crippen LogP contribution >= 0.6 is 0 Å². The van der Waals surface area contributed by atoms with Gasteiger partial charge in [-0.05, 0) is 19.9 Å². The second-order valence-corrected chi connectivity index (χ2v) is 5.68. The lowest BCUT2D eigenvalue weighted by Gasteiger charge is -2.35. The summed E-state index contributed by atoms with van der Waals surface area (Å²) in [5, 5.41) is 0. The summed E-state index contributed by atoms with van der Waals surface area (Å²) in [5.74, 6) is 0.945. The van der Waals surface area contributed by atoms with Gasteiger partial charge in [-0.3, -0.25) is 9.69 Å². The van der Waals surface area contributed by atoms with Crippen molar-refractivity contribution >= 4 is 11.9 Å². The fourth-order valence-electron chi connectivity index (χ4n) is 2.55. The van der Waals surface area contributed by atoms with Crippen LogP contribution in [-0.2, 0) is 4.79 Å². The molecule has 1 aliphatic rings. The van der Waals surface area contributed by atoms with E-state index in [0.29, 0.717) is 13.1 Å². The van der Waals surface area contributed by atoms with Gasteiger partial charge >= 0.3 is 0 Å². The van der Waals surface area contributed by atoms with E-state index in [1.54, 1.807) is 12.4 Å². The van der Waals surface area contributed by atoms with Crippen molar-refractivity contribution in [3.63, 3.8) is 0 Å². The van der Waals surface area contributed by atoms with Crippen LogP contribution in [-0.4, -0.2) is 71.5 Å². The summed E-state index contributed by atoms with van der Waals surface area (Å²) in [5.41, 5.74) is 1.02. The lowest BCUT2D eigenvalue weighted by atomic mass is 10.3. The second kappa shape index (κ2) is 7.89. The molecule has 0 spiro atoms. The molecule has 120 valence electrons. The van der Waals surface area contributed by atoms with Gasteiger partial charge in [0.05, 0.1) is 6.54 Å². The zero-order chi connectivity index (χ0) is 15.9. The van der Waals surface area contributed by atoms with Crippen molar-refractivity contribution in [3.05, 3.63) is 30.6 Å². The second-order valence-electron chi connectivity index (χ2n) is 5.68. The minimum Gasteiger partial charge on any atom is -0.338 e. The Morgan fingerprint density at radius 3 is 2.45 bits per heavy atom. The van der Waals surface area contributed by atoms with E-state index in [1.807, 2.05) is 24.8 Å². The number of amides is 1. The zero-order valence-corrected chi connectivity index (χ0v) is 13.5. The van der Waals surface area contributed by atoms with E-state index >= 15 is 0 Å². The zero-order valence-electron chi connectivity index (χ0n) is 13.5. The first-order chi connectivity index (χ1) is 10.6. The number of piperazine rings is 1. The van der Waals surface area contributed by atoms with Crippen molar-refractivity contribution in [3.8, 4) is 0 Å². The molecule has 0 radical (unpaired) electrons. The van der Waals surface area contributed by atoms with Crippen LogP contribution in [0, 0.1) is 0 Å². The van der Waals surface area contributed by atoms with Crippen LogP contribution in [0.4, 0.5) is 5.95 Å². The highest BCUT2D eigenvalue weighted by Gasteiger charge is 2.22. The van der Waals surface area contributed by atoms with Crippen molar-refractivity contribution in [2.75, 3.05) is 50.7 Å². The van der Waals surface area contributed by atoms with Crippen LogP contribution in [0.1, 0.15) is 13.8 Å². The highest BCUT2D eigenvalue weighted by molar-refractivity contribution is 5.78. The molecule has 1 aromatic heterocycles. The smallest absolute Gasteiger partial charge is 0.237 e. The van der Waals surface area contributed by atoms with Gasteiger partial charge in [-0.2, -0.15) is 0 Å². The van der Waals surface area contributed by atoms with E-state index in [9.17, 15) is 4.79 Å². The van der Waals surface area contributed by atoms with E-state index in [4.69, 9.17) is 0 Å². The number of hydrogen-bond acceptors (Lipinski definition) is 5. The van der Waals surface area contributed by atoms with Gasteiger partial charge in [0.25, 0.3) is 0 Å². The predicted octanol–water partition coefficient (Wildman–Crippen LogP) is 1.02. The number of likely N-dealkylation sites (N-methyl/N-ethyl adjacent to an activating group) is 1. The first kappa shape index (κ1) is 16.4.